The summed E-state index contributed by atoms with van der Waals surface area (Å²) in [7, 11) is 1.09. The van der Waals surface area contributed by atoms with Crippen molar-refractivity contribution in [3.05, 3.63) is 20.2 Å². The number of nitrogens with zero attached hydrogens (tertiary/aromatic N) is 4. The van der Waals surface area contributed by atoms with Gasteiger partial charge in [-0.25, -0.2) is 20.2 Å². The molecule has 0 aromatic rings. The van der Waals surface area contributed by atoms with Crippen LogP contribution in [-0.4, -0.2) is 46.4 Å². The van der Waals surface area contributed by atoms with Crippen LogP contribution >= 0.6 is 0 Å². The zero-order valence-electron chi connectivity index (χ0n) is 8.24. The van der Waals surface area contributed by atoms with Crippen molar-refractivity contribution in [3.63, 3.8) is 0 Å². The molecule has 0 aliphatic carbocycles. The molecule has 0 saturated carbocycles. The van der Waals surface area contributed by atoms with Crippen LogP contribution in [0.5, 0.6) is 0 Å². The Hall–Kier alpha value is -2.13. The topological polar surface area (TPSA) is 122 Å². The predicted octanol–water partition coefficient (Wildman–Crippen LogP) is -1.35. The highest BCUT2D eigenvalue weighted by Crippen LogP contribution is 1.90. The molecule has 0 atom stereocenters. The van der Waals surface area contributed by atoms with E-state index in [1.807, 2.05) is 0 Å². The highest BCUT2D eigenvalue weighted by Gasteiger charge is 2.21. The van der Waals surface area contributed by atoms with Crippen molar-refractivity contribution in [3.8, 4) is 0 Å². The van der Waals surface area contributed by atoms with E-state index in [1.165, 1.54) is 6.92 Å². The lowest BCUT2D eigenvalue weighted by molar-refractivity contribution is -0.708. The molecule has 0 bridgehead atoms. The largest absolute Gasteiger partial charge is 0.334 e. The molecule has 0 saturated heterocycles. The Balaban J connectivity index is 4.22. The maximum absolute atomic E-state index is 10.5. The number of hydrogen-bond acceptors (Lipinski definition) is 5. The van der Waals surface area contributed by atoms with Gasteiger partial charge >= 0.3 is 0 Å². The Morgan fingerprint density at radius 3 is 2.20 bits per heavy atom. The van der Waals surface area contributed by atoms with Gasteiger partial charge in [-0.2, -0.15) is 0 Å². The normalized spacial score (nSPS) is 9.20. The molecule has 10 nitrogen and oxygen atoms in total. The molecule has 0 spiro atoms. The number of hydrogen-bond donors (Lipinski definition) is 1. The highest BCUT2D eigenvalue weighted by molar-refractivity contribution is 5.72. The number of amides is 1. The lowest BCUT2D eigenvalue weighted by Crippen LogP contribution is -2.46. The first-order valence-electron chi connectivity index (χ1n) is 3.83. The van der Waals surface area contributed by atoms with E-state index in [-0.39, 0.29) is 6.67 Å². The van der Waals surface area contributed by atoms with Crippen LogP contribution in [0.15, 0.2) is 0 Å². The zero-order valence-corrected chi connectivity index (χ0v) is 8.24. The van der Waals surface area contributed by atoms with Gasteiger partial charge < -0.3 is 5.32 Å². The van der Waals surface area contributed by atoms with E-state index in [0.29, 0.717) is 10.0 Å². The Bertz CT molecular complexity index is 269. The van der Waals surface area contributed by atoms with Gasteiger partial charge in [0, 0.05) is 6.92 Å². The van der Waals surface area contributed by atoms with Gasteiger partial charge in [-0.05, 0) is 0 Å². The Morgan fingerprint density at radius 1 is 1.33 bits per heavy atom. The van der Waals surface area contributed by atoms with Gasteiger partial charge in [0.05, 0.1) is 7.05 Å². The van der Waals surface area contributed by atoms with Gasteiger partial charge in [0.1, 0.15) is 0 Å². The summed E-state index contributed by atoms with van der Waals surface area (Å²) >= 11 is 0. The van der Waals surface area contributed by atoms with E-state index in [0.717, 1.165) is 7.05 Å². The standard InChI is InChI=1S/C5H11N5O5/c1-5(11)6-3-8(10(14)15)4-7(2)9(12)13/h3-4H2,1-2H3,(H,6,11). The smallest absolute Gasteiger partial charge is 0.218 e. The van der Waals surface area contributed by atoms with Crippen molar-refractivity contribution >= 4 is 5.91 Å². The summed E-state index contributed by atoms with van der Waals surface area (Å²) in [6.07, 6.45) is 0. The summed E-state index contributed by atoms with van der Waals surface area (Å²) in [6.45, 7) is 0.274. The first-order valence-corrected chi connectivity index (χ1v) is 3.83. The molecule has 0 aromatic carbocycles. The third-order valence-electron chi connectivity index (χ3n) is 1.39. The molecule has 0 aliphatic heterocycles. The number of nitro groups is 2. The number of nitrogens with one attached hydrogen (secondary N) is 1. The van der Waals surface area contributed by atoms with Crippen LogP contribution in [0.1, 0.15) is 6.92 Å². The van der Waals surface area contributed by atoms with E-state index in [1.54, 1.807) is 0 Å². The fourth-order valence-electron chi connectivity index (χ4n) is 0.650. The molecular weight excluding hydrogens is 210 g/mol. The molecule has 1 N–H and O–H groups in total. The van der Waals surface area contributed by atoms with Crippen LogP contribution in [-0.2, 0) is 4.79 Å². The quantitative estimate of drug-likeness (QED) is 0.334. The zero-order chi connectivity index (χ0) is 12.0. The molecule has 15 heavy (non-hydrogen) atoms. The van der Waals surface area contributed by atoms with E-state index in [9.17, 15) is 25.0 Å². The van der Waals surface area contributed by atoms with Gasteiger partial charge in [-0.15, -0.1) is 5.01 Å². The van der Waals surface area contributed by atoms with Crippen LogP contribution in [0.25, 0.3) is 0 Å². The second-order valence-corrected chi connectivity index (χ2v) is 2.67. The number of rotatable bonds is 6. The Morgan fingerprint density at radius 2 is 1.87 bits per heavy atom. The molecule has 0 aromatic heterocycles. The second kappa shape index (κ2) is 5.57. The van der Waals surface area contributed by atoms with Gasteiger partial charge in [0.2, 0.25) is 12.6 Å². The first kappa shape index (κ1) is 12.9. The molecule has 0 fully saturated rings. The monoisotopic (exact) mass is 221 g/mol. The fourth-order valence-corrected chi connectivity index (χ4v) is 0.650. The summed E-state index contributed by atoms with van der Waals surface area (Å²) in [5, 5.41) is 22.2. The molecule has 0 aliphatic rings. The lowest BCUT2D eigenvalue weighted by Gasteiger charge is -2.16. The summed E-state index contributed by atoms with van der Waals surface area (Å²) in [5.41, 5.74) is 0. The molecule has 0 heterocycles. The third kappa shape index (κ3) is 5.23. The van der Waals surface area contributed by atoms with Gasteiger partial charge in [-0.3, -0.25) is 4.79 Å². The Kier molecular flexibility index (Phi) is 4.78. The minimum Gasteiger partial charge on any atom is -0.334 e. The summed E-state index contributed by atoms with van der Waals surface area (Å²) in [5.74, 6) is -0.453. The lowest BCUT2D eigenvalue weighted by atomic mass is 10.7. The Labute approximate surface area is 84.7 Å². The van der Waals surface area contributed by atoms with Crippen LogP contribution in [0.3, 0.4) is 0 Å². The van der Waals surface area contributed by atoms with Crippen LogP contribution in [0.2, 0.25) is 0 Å². The molecule has 1 amide bonds. The van der Waals surface area contributed by atoms with Crippen LogP contribution < -0.4 is 5.32 Å². The minimum atomic E-state index is -0.823. The SMILES string of the molecule is CC(=O)NCN(CN(C)[N+](=O)[O-])[N+](=O)[O-]. The molecule has 0 radical (unpaired) electrons. The predicted molar refractivity (Wildman–Crippen MR) is 47.1 cm³/mol. The van der Waals surface area contributed by atoms with Gasteiger partial charge in [0.25, 0.3) is 0 Å². The summed E-state index contributed by atoms with van der Waals surface area (Å²) in [4.78, 5) is 31.1. The van der Waals surface area contributed by atoms with Gasteiger partial charge in [-0.1, -0.05) is 5.01 Å². The van der Waals surface area contributed by atoms with Crippen molar-refractivity contribution in [2.45, 2.75) is 6.92 Å². The average molecular weight is 221 g/mol. The van der Waals surface area contributed by atoms with Gasteiger partial charge in [0.15, 0.2) is 16.7 Å². The van der Waals surface area contributed by atoms with Crippen LogP contribution in [0.4, 0.5) is 0 Å². The van der Waals surface area contributed by atoms with Crippen molar-refractivity contribution in [2.75, 3.05) is 20.4 Å². The fraction of sp³-hybridized carbons (Fsp3) is 0.800. The number of carbonyl (C=O) groups is 1. The minimum absolute atomic E-state index is 0.388. The van der Waals surface area contributed by atoms with E-state index < -0.39 is 22.6 Å². The molecule has 10 heteroatoms. The molecular formula is C5H11N5O5. The van der Waals surface area contributed by atoms with Crippen molar-refractivity contribution in [1.82, 2.24) is 15.3 Å². The summed E-state index contributed by atoms with van der Waals surface area (Å²) < 4.78 is 0. The first-order chi connectivity index (χ1) is 6.84. The number of carbonyl (C=O) groups excluding carboxylic acids is 1. The molecule has 0 rings (SSSR count). The maximum Gasteiger partial charge on any atom is 0.218 e. The van der Waals surface area contributed by atoms with E-state index in [2.05, 4.69) is 5.32 Å². The highest BCUT2D eigenvalue weighted by atomic mass is 16.7. The average Bonchev–Trinajstić information content (AvgIpc) is 2.10. The summed E-state index contributed by atoms with van der Waals surface area (Å²) in [6, 6.07) is 0. The molecule has 0 unspecified atom stereocenters. The van der Waals surface area contributed by atoms with Crippen molar-refractivity contribution in [1.29, 1.82) is 0 Å². The van der Waals surface area contributed by atoms with E-state index in [4.69, 9.17) is 0 Å². The van der Waals surface area contributed by atoms with Crippen molar-refractivity contribution in [2.24, 2.45) is 0 Å². The molecule has 86 valence electrons. The van der Waals surface area contributed by atoms with Crippen LogP contribution in [0, 0.1) is 20.2 Å². The third-order valence-corrected chi connectivity index (χ3v) is 1.39. The van der Waals surface area contributed by atoms with Crippen molar-refractivity contribution < 1.29 is 14.9 Å². The second-order valence-electron chi connectivity index (χ2n) is 2.67. The number of hydrazine groups is 2. The maximum atomic E-state index is 10.5. The van der Waals surface area contributed by atoms with E-state index >= 15 is 0 Å².